The molecule has 1 aromatic rings. The third-order valence-corrected chi connectivity index (χ3v) is 6.77. The number of fused-ring (bicyclic) bond motifs is 1. The van der Waals surface area contributed by atoms with Crippen LogP contribution >= 0.6 is 11.3 Å². The predicted octanol–water partition coefficient (Wildman–Crippen LogP) is 2.84. The zero-order valence-corrected chi connectivity index (χ0v) is 14.5. The molecule has 2 fully saturated rings. The van der Waals surface area contributed by atoms with E-state index in [0.717, 1.165) is 37.7 Å². The third kappa shape index (κ3) is 2.61. The highest BCUT2D eigenvalue weighted by Crippen LogP contribution is 2.39. The molecule has 2 heterocycles. The van der Waals surface area contributed by atoms with Crippen molar-refractivity contribution in [2.75, 3.05) is 11.9 Å². The molecule has 3 aliphatic rings. The number of rotatable bonds is 3. The van der Waals surface area contributed by atoms with Crippen molar-refractivity contribution >= 4 is 28.2 Å². The summed E-state index contributed by atoms with van der Waals surface area (Å²) in [5, 5.41) is 13.0. The standard InChI is InChI=1S/C18H21N3O2S/c19-9-14-13-6-3-7-15(13)24-18(14)20-17(23)11-8-16(22)21(10-11)12-4-1-2-5-12/h11-12H,1-8,10H2,(H,20,23). The molecule has 0 radical (unpaired) electrons. The van der Waals surface area contributed by atoms with Gasteiger partial charge >= 0.3 is 0 Å². The van der Waals surface area contributed by atoms with E-state index in [-0.39, 0.29) is 17.7 Å². The molecule has 0 bridgehead atoms. The van der Waals surface area contributed by atoms with E-state index in [4.69, 9.17) is 0 Å². The minimum absolute atomic E-state index is 0.108. The monoisotopic (exact) mass is 343 g/mol. The summed E-state index contributed by atoms with van der Waals surface area (Å²) in [5.74, 6) is -0.293. The van der Waals surface area contributed by atoms with Crippen molar-refractivity contribution < 1.29 is 9.59 Å². The van der Waals surface area contributed by atoms with E-state index in [1.807, 2.05) is 4.90 Å². The SMILES string of the molecule is N#Cc1c(NC(=O)C2CC(=O)N(C3CCCC3)C2)sc2c1CCC2. The Bertz CT molecular complexity index is 727. The first kappa shape index (κ1) is 15.6. The van der Waals surface area contributed by atoms with Crippen LogP contribution in [0.5, 0.6) is 0 Å². The van der Waals surface area contributed by atoms with Crippen molar-refractivity contribution in [3.63, 3.8) is 0 Å². The quantitative estimate of drug-likeness (QED) is 0.917. The maximum absolute atomic E-state index is 12.6. The van der Waals surface area contributed by atoms with Crippen molar-refractivity contribution in [3.8, 4) is 6.07 Å². The van der Waals surface area contributed by atoms with E-state index >= 15 is 0 Å². The molecule has 2 aliphatic carbocycles. The number of aryl methyl sites for hydroxylation is 1. The van der Waals surface area contributed by atoms with Crippen molar-refractivity contribution in [3.05, 3.63) is 16.0 Å². The molecule has 0 aromatic carbocycles. The largest absolute Gasteiger partial charge is 0.339 e. The number of carbonyl (C=O) groups is 2. The molecule has 126 valence electrons. The average molecular weight is 343 g/mol. The molecule has 0 spiro atoms. The van der Waals surface area contributed by atoms with Gasteiger partial charge in [-0.3, -0.25) is 9.59 Å². The lowest BCUT2D eigenvalue weighted by atomic mass is 10.1. The lowest BCUT2D eigenvalue weighted by molar-refractivity contribution is -0.129. The predicted molar refractivity (Wildman–Crippen MR) is 91.8 cm³/mol. The van der Waals surface area contributed by atoms with Gasteiger partial charge < -0.3 is 10.2 Å². The third-order valence-electron chi connectivity index (χ3n) is 5.56. The fourth-order valence-electron chi connectivity index (χ4n) is 4.30. The van der Waals surface area contributed by atoms with Gasteiger partial charge in [-0.2, -0.15) is 5.26 Å². The van der Waals surface area contributed by atoms with Gasteiger partial charge in [-0.05, 0) is 37.7 Å². The molecule has 24 heavy (non-hydrogen) atoms. The Kier molecular flexibility index (Phi) is 4.05. The molecule has 1 saturated heterocycles. The smallest absolute Gasteiger partial charge is 0.230 e. The maximum atomic E-state index is 12.6. The van der Waals surface area contributed by atoms with Gasteiger partial charge in [0.25, 0.3) is 0 Å². The van der Waals surface area contributed by atoms with Crippen LogP contribution in [0, 0.1) is 17.2 Å². The second-order valence-electron chi connectivity index (χ2n) is 7.05. The van der Waals surface area contributed by atoms with Crippen molar-refractivity contribution in [2.45, 2.75) is 57.4 Å². The first-order chi connectivity index (χ1) is 11.7. The van der Waals surface area contributed by atoms with E-state index in [1.54, 1.807) is 0 Å². The molecule has 1 unspecified atom stereocenters. The molecular weight excluding hydrogens is 322 g/mol. The number of likely N-dealkylation sites (tertiary alicyclic amines) is 1. The van der Waals surface area contributed by atoms with E-state index in [2.05, 4.69) is 11.4 Å². The van der Waals surface area contributed by atoms with Crippen LogP contribution in [0.15, 0.2) is 0 Å². The van der Waals surface area contributed by atoms with E-state index < -0.39 is 0 Å². The van der Waals surface area contributed by atoms with Gasteiger partial charge in [0.05, 0.1) is 11.5 Å². The number of hydrogen-bond acceptors (Lipinski definition) is 4. The van der Waals surface area contributed by atoms with Crippen molar-refractivity contribution in [1.82, 2.24) is 4.90 Å². The van der Waals surface area contributed by atoms with Crippen molar-refractivity contribution in [1.29, 1.82) is 5.26 Å². The van der Waals surface area contributed by atoms with Gasteiger partial charge in [-0.25, -0.2) is 0 Å². The van der Waals surface area contributed by atoms with E-state index in [0.29, 0.717) is 29.6 Å². The Hall–Kier alpha value is -1.87. The van der Waals surface area contributed by atoms with Crippen LogP contribution in [0.1, 0.15) is 54.5 Å². The molecule has 1 aliphatic heterocycles. The number of nitriles is 1. The zero-order chi connectivity index (χ0) is 16.7. The lowest BCUT2D eigenvalue weighted by Gasteiger charge is -2.23. The highest BCUT2D eigenvalue weighted by Gasteiger charge is 2.39. The molecule has 1 aromatic heterocycles. The highest BCUT2D eigenvalue weighted by atomic mass is 32.1. The van der Waals surface area contributed by atoms with Crippen LogP contribution in [0.4, 0.5) is 5.00 Å². The van der Waals surface area contributed by atoms with Gasteiger partial charge in [-0.15, -0.1) is 11.3 Å². The summed E-state index contributed by atoms with van der Waals surface area (Å²) in [6.45, 7) is 0.530. The molecule has 1 atom stereocenters. The second-order valence-corrected chi connectivity index (χ2v) is 8.15. The Morgan fingerprint density at radius 3 is 2.79 bits per heavy atom. The molecule has 4 rings (SSSR count). The minimum atomic E-state index is -0.290. The fraction of sp³-hybridized carbons (Fsp3) is 0.611. The summed E-state index contributed by atoms with van der Waals surface area (Å²) in [6.07, 6.45) is 7.82. The maximum Gasteiger partial charge on any atom is 0.230 e. The molecule has 6 heteroatoms. The summed E-state index contributed by atoms with van der Waals surface area (Å²) >= 11 is 1.53. The minimum Gasteiger partial charge on any atom is -0.339 e. The number of hydrogen-bond donors (Lipinski definition) is 1. The average Bonchev–Trinajstić information content (AvgIpc) is 3.29. The fourth-order valence-corrected chi connectivity index (χ4v) is 5.54. The van der Waals surface area contributed by atoms with Gasteiger partial charge in [0.1, 0.15) is 11.1 Å². The number of amides is 2. The summed E-state index contributed by atoms with van der Waals surface area (Å²) in [6, 6.07) is 2.58. The summed E-state index contributed by atoms with van der Waals surface area (Å²) in [5.41, 5.74) is 1.76. The molecule has 1 saturated carbocycles. The van der Waals surface area contributed by atoms with Crippen LogP contribution in [0.3, 0.4) is 0 Å². The summed E-state index contributed by atoms with van der Waals surface area (Å²) in [7, 11) is 0. The van der Waals surface area contributed by atoms with Crippen LogP contribution in [0.2, 0.25) is 0 Å². The number of thiophene rings is 1. The normalized spacial score (nSPS) is 23.5. The number of carbonyl (C=O) groups excluding carboxylic acids is 2. The van der Waals surface area contributed by atoms with Crippen molar-refractivity contribution in [2.24, 2.45) is 5.92 Å². The molecule has 1 N–H and O–H groups in total. The van der Waals surface area contributed by atoms with Gasteiger partial charge in [0.15, 0.2) is 0 Å². The van der Waals surface area contributed by atoms with Gasteiger partial charge in [0, 0.05) is 23.9 Å². The Morgan fingerprint density at radius 1 is 1.25 bits per heavy atom. The molecule has 2 amide bonds. The first-order valence-electron chi connectivity index (χ1n) is 8.82. The molecule has 5 nitrogen and oxygen atoms in total. The lowest BCUT2D eigenvalue weighted by Crippen LogP contribution is -2.35. The van der Waals surface area contributed by atoms with E-state index in [9.17, 15) is 14.9 Å². The Morgan fingerprint density at radius 2 is 2.04 bits per heavy atom. The zero-order valence-electron chi connectivity index (χ0n) is 13.6. The summed E-state index contributed by atoms with van der Waals surface area (Å²) in [4.78, 5) is 28.0. The van der Waals surface area contributed by atoms with Crippen LogP contribution in [0.25, 0.3) is 0 Å². The Balaban J connectivity index is 1.46. The van der Waals surface area contributed by atoms with Crippen LogP contribution in [-0.4, -0.2) is 29.3 Å². The van der Waals surface area contributed by atoms with Crippen LogP contribution in [-0.2, 0) is 22.4 Å². The number of nitrogens with one attached hydrogen (secondary N) is 1. The Labute approximate surface area is 145 Å². The topological polar surface area (TPSA) is 73.2 Å². The second kappa shape index (κ2) is 6.21. The van der Waals surface area contributed by atoms with Gasteiger partial charge in [0.2, 0.25) is 11.8 Å². The van der Waals surface area contributed by atoms with Gasteiger partial charge in [-0.1, -0.05) is 12.8 Å². The highest BCUT2D eigenvalue weighted by molar-refractivity contribution is 7.16. The number of nitrogens with zero attached hydrogens (tertiary/aromatic N) is 2. The van der Waals surface area contributed by atoms with Crippen LogP contribution < -0.4 is 5.32 Å². The summed E-state index contributed by atoms with van der Waals surface area (Å²) < 4.78 is 0. The number of anilines is 1. The molecular formula is C18H21N3O2S. The first-order valence-corrected chi connectivity index (χ1v) is 9.64. The van der Waals surface area contributed by atoms with E-state index in [1.165, 1.54) is 29.1 Å².